The standard InChI is InChI=1S/C9H13BrN2O2/c1-5(10)9(13)11-4-8-6(2)12-14-7(8)3/h5H,4H2,1-3H3,(H,11,13). The van der Waals surface area contributed by atoms with Gasteiger partial charge in [-0.3, -0.25) is 4.79 Å². The highest BCUT2D eigenvalue weighted by atomic mass is 79.9. The average Bonchev–Trinajstić information content (AvgIpc) is 2.43. The summed E-state index contributed by atoms with van der Waals surface area (Å²) >= 11 is 3.19. The molecule has 0 aliphatic rings. The minimum atomic E-state index is -0.178. The summed E-state index contributed by atoms with van der Waals surface area (Å²) < 4.78 is 4.98. The van der Waals surface area contributed by atoms with Gasteiger partial charge in [-0.05, 0) is 20.8 Å². The van der Waals surface area contributed by atoms with Gasteiger partial charge in [0.05, 0.1) is 10.5 Å². The number of aromatic nitrogens is 1. The molecule has 1 aromatic rings. The smallest absolute Gasteiger partial charge is 0.233 e. The Morgan fingerprint density at radius 3 is 2.71 bits per heavy atom. The zero-order chi connectivity index (χ0) is 10.7. The molecule has 1 rings (SSSR count). The van der Waals surface area contributed by atoms with Crippen LogP contribution in [-0.2, 0) is 11.3 Å². The summed E-state index contributed by atoms with van der Waals surface area (Å²) in [5, 5.41) is 6.58. The van der Waals surface area contributed by atoms with Crippen molar-refractivity contribution in [2.45, 2.75) is 32.1 Å². The van der Waals surface area contributed by atoms with E-state index in [0.717, 1.165) is 17.0 Å². The second-order valence-corrected chi connectivity index (χ2v) is 4.51. The third kappa shape index (κ3) is 2.57. The molecule has 1 N–H and O–H groups in total. The molecular formula is C9H13BrN2O2. The second-order valence-electron chi connectivity index (χ2n) is 3.14. The highest BCUT2D eigenvalue weighted by Gasteiger charge is 2.12. The van der Waals surface area contributed by atoms with Crippen molar-refractivity contribution in [1.29, 1.82) is 0 Å². The molecule has 4 nitrogen and oxygen atoms in total. The fourth-order valence-electron chi connectivity index (χ4n) is 1.07. The molecule has 0 aliphatic heterocycles. The van der Waals surface area contributed by atoms with E-state index in [-0.39, 0.29) is 10.7 Å². The number of carbonyl (C=O) groups is 1. The number of hydrogen-bond acceptors (Lipinski definition) is 3. The minimum Gasteiger partial charge on any atom is -0.361 e. The Hall–Kier alpha value is -0.840. The Balaban J connectivity index is 2.58. The maximum Gasteiger partial charge on any atom is 0.233 e. The first-order chi connectivity index (χ1) is 6.52. The molecule has 5 heteroatoms. The molecule has 0 saturated heterocycles. The summed E-state index contributed by atoms with van der Waals surface area (Å²) in [6.45, 7) is 5.94. The van der Waals surface area contributed by atoms with Gasteiger partial charge in [-0.1, -0.05) is 21.1 Å². The molecule has 14 heavy (non-hydrogen) atoms. The van der Waals surface area contributed by atoms with E-state index in [1.54, 1.807) is 6.92 Å². The minimum absolute atomic E-state index is 0.0370. The van der Waals surface area contributed by atoms with E-state index >= 15 is 0 Å². The van der Waals surface area contributed by atoms with Crippen LogP contribution in [0, 0.1) is 13.8 Å². The van der Waals surface area contributed by atoms with Gasteiger partial charge in [-0.25, -0.2) is 0 Å². The molecule has 0 aliphatic carbocycles. The van der Waals surface area contributed by atoms with E-state index in [4.69, 9.17) is 4.52 Å². The number of carbonyl (C=O) groups excluding carboxylic acids is 1. The molecule has 78 valence electrons. The Morgan fingerprint density at radius 2 is 2.29 bits per heavy atom. The average molecular weight is 261 g/mol. The van der Waals surface area contributed by atoms with Crippen LogP contribution in [0.15, 0.2) is 4.52 Å². The van der Waals surface area contributed by atoms with Crippen LogP contribution in [0.1, 0.15) is 23.9 Å². The quantitative estimate of drug-likeness (QED) is 0.842. The number of rotatable bonds is 3. The topological polar surface area (TPSA) is 55.1 Å². The van der Waals surface area contributed by atoms with E-state index < -0.39 is 0 Å². The number of halogens is 1. The lowest BCUT2D eigenvalue weighted by atomic mass is 10.2. The van der Waals surface area contributed by atoms with Gasteiger partial charge in [0.2, 0.25) is 5.91 Å². The summed E-state index contributed by atoms with van der Waals surface area (Å²) in [5.41, 5.74) is 1.77. The zero-order valence-electron chi connectivity index (χ0n) is 8.43. The Morgan fingerprint density at radius 1 is 1.64 bits per heavy atom. The van der Waals surface area contributed by atoms with Gasteiger partial charge in [0.25, 0.3) is 0 Å². The highest BCUT2D eigenvalue weighted by molar-refractivity contribution is 9.10. The number of amides is 1. The van der Waals surface area contributed by atoms with Crippen molar-refractivity contribution in [2.75, 3.05) is 0 Å². The van der Waals surface area contributed by atoms with Crippen molar-refractivity contribution in [1.82, 2.24) is 10.5 Å². The lowest BCUT2D eigenvalue weighted by Crippen LogP contribution is -2.29. The normalized spacial score (nSPS) is 12.6. The summed E-state index contributed by atoms with van der Waals surface area (Å²) in [7, 11) is 0. The summed E-state index contributed by atoms with van der Waals surface area (Å²) in [5.74, 6) is 0.718. The van der Waals surface area contributed by atoms with E-state index in [2.05, 4.69) is 26.4 Å². The monoisotopic (exact) mass is 260 g/mol. The maximum atomic E-state index is 11.3. The van der Waals surface area contributed by atoms with E-state index in [0.29, 0.717) is 6.54 Å². The molecule has 0 saturated carbocycles. The predicted molar refractivity (Wildman–Crippen MR) is 56.2 cm³/mol. The van der Waals surface area contributed by atoms with Crippen LogP contribution in [0.3, 0.4) is 0 Å². The molecular weight excluding hydrogens is 248 g/mol. The molecule has 1 atom stereocenters. The fraction of sp³-hybridized carbons (Fsp3) is 0.556. The van der Waals surface area contributed by atoms with Crippen LogP contribution >= 0.6 is 15.9 Å². The van der Waals surface area contributed by atoms with Crippen LogP contribution in [0.4, 0.5) is 0 Å². The number of hydrogen-bond donors (Lipinski definition) is 1. The molecule has 0 fully saturated rings. The lowest BCUT2D eigenvalue weighted by Gasteiger charge is -2.05. The number of nitrogens with zero attached hydrogens (tertiary/aromatic N) is 1. The van der Waals surface area contributed by atoms with Crippen molar-refractivity contribution in [3.63, 3.8) is 0 Å². The molecule has 0 aromatic carbocycles. The maximum absolute atomic E-state index is 11.3. The van der Waals surface area contributed by atoms with Gasteiger partial charge >= 0.3 is 0 Å². The molecule has 1 heterocycles. The summed E-state index contributed by atoms with van der Waals surface area (Å²) in [6.07, 6.45) is 0. The molecule has 0 spiro atoms. The van der Waals surface area contributed by atoms with Crippen LogP contribution in [0.5, 0.6) is 0 Å². The number of alkyl halides is 1. The fourth-order valence-corrected chi connectivity index (χ4v) is 1.23. The zero-order valence-corrected chi connectivity index (χ0v) is 10.0. The first-order valence-corrected chi connectivity index (χ1v) is 5.27. The third-order valence-corrected chi connectivity index (χ3v) is 2.40. The van der Waals surface area contributed by atoms with Gasteiger partial charge in [0, 0.05) is 12.1 Å². The molecule has 1 unspecified atom stereocenters. The van der Waals surface area contributed by atoms with Crippen LogP contribution < -0.4 is 5.32 Å². The van der Waals surface area contributed by atoms with Gasteiger partial charge in [-0.2, -0.15) is 0 Å². The van der Waals surface area contributed by atoms with Gasteiger partial charge in [-0.15, -0.1) is 0 Å². The van der Waals surface area contributed by atoms with Gasteiger partial charge < -0.3 is 9.84 Å². The Labute approximate surface area is 91.2 Å². The largest absolute Gasteiger partial charge is 0.361 e. The van der Waals surface area contributed by atoms with Gasteiger partial charge in [0.1, 0.15) is 5.76 Å². The first kappa shape index (κ1) is 11.2. The molecule has 0 bridgehead atoms. The van der Waals surface area contributed by atoms with Crippen LogP contribution in [0.25, 0.3) is 0 Å². The SMILES string of the molecule is Cc1noc(C)c1CNC(=O)C(C)Br. The van der Waals surface area contributed by atoms with Crippen LogP contribution in [0.2, 0.25) is 0 Å². The first-order valence-electron chi connectivity index (χ1n) is 4.36. The third-order valence-electron chi connectivity index (χ3n) is 1.98. The summed E-state index contributed by atoms with van der Waals surface area (Å²) in [6, 6.07) is 0. The Kier molecular flexibility index (Phi) is 3.69. The lowest BCUT2D eigenvalue weighted by molar-refractivity contribution is -0.120. The second kappa shape index (κ2) is 4.59. The molecule has 1 aromatic heterocycles. The van der Waals surface area contributed by atoms with Crippen molar-refractivity contribution < 1.29 is 9.32 Å². The van der Waals surface area contributed by atoms with Crippen molar-refractivity contribution in [3.8, 4) is 0 Å². The molecule has 1 amide bonds. The van der Waals surface area contributed by atoms with Crippen LogP contribution in [-0.4, -0.2) is 15.9 Å². The number of aryl methyl sites for hydroxylation is 2. The Bertz CT molecular complexity index is 314. The van der Waals surface area contributed by atoms with Gasteiger partial charge in [0.15, 0.2) is 0 Å². The number of nitrogens with one attached hydrogen (secondary N) is 1. The van der Waals surface area contributed by atoms with Crippen molar-refractivity contribution >= 4 is 21.8 Å². The highest BCUT2D eigenvalue weighted by Crippen LogP contribution is 2.11. The summed E-state index contributed by atoms with van der Waals surface area (Å²) in [4.78, 5) is 11.1. The van der Waals surface area contributed by atoms with Crippen molar-refractivity contribution in [2.24, 2.45) is 0 Å². The predicted octanol–water partition coefficient (Wildman–Crippen LogP) is 1.69. The van der Waals surface area contributed by atoms with E-state index in [1.165, 1.54) is 0 Å². The van der Waals surface area contributed by atoms with Crippen molar-refractivity contribution in [3.05, 3.63) is 17.0 Å². The molecule has 0 radical (unpaired) electrons. The van der Waals surface area contributed by atoms with E-state index in [1.807, 2.05) is 13.8 Å². The van der Waals surface area contributed by atoms with E-state index in [9.17, 15) is 4.79 Å².